The second kappa shape index (κ2) is 3.41. The lowest BCUT2D eigenvalue weighted by Crippen LogP contribution is -2.05. The summed E-state index contributed by atoms with van der Waals surface area (Å²) in [6, 6.07) is 3.63. The van der Waals surface area contributed by atoms with Crippen LogP contribution in [0.5, 0.6) is 0 Å². The van der Waals surface area contributed by atoms with Gasteiger partial charge in [0.2, 0.25) is 0 Å². The first-order chi connectivity index (χ1) is 5.41. The summed E-state index contributed by atoms with van der Waals surface area (Å²) >= 11 is 7.29. The summed E-state index contributed by atoms with van der Waals surface area (Å²) in [5, 5.41) is -0.255. The van der Waals surface area contributed by atoms with Crippen LogP contribution in [0.3, 0.4) is 0 Å². The smallest absolute Gasteiger partial charge is 0.166 e. The van der Waals surface area contributed by atoms with Crippen LogP contribution >= 0.6 is 34.2 Å². The standard InChI is InChI=1S/C7H3ClF3I/c8-6-3-4(12)1-2-5(6)7(9,10)11/h1-3H. The molecule has 0 saturated carbocycles. The molecule has 0 aliphatic heterocycles. The first-order valence-corrected chi connectivity index (χ1v) is 4.39. The second-order valence-electron chi connectivity index (χ2n) is 2.12. The lowest BCUT2D eigenvalue weighted by atomic mass is 10.2. The molecule has 0 heterocycles. The molecule has 0 bridgehead atoms. The van der Waals surface area contributed by atoms with E-state index in [-0.39, 0.29) is 5.02 Å². The van der Waals surface area contributed by atoms with E-state index in [0.29, 0.717) is 3.57 Å². The third-order valence-corrected chi connectivity index (χ3v) is 2.22. The van der Waals surface area contributed by atoms with Crippen molar-refractivity contribution in [2.75, 3.05) is 0 Å². The Kier molecular flexibility index (Phi) is 2.88. The third-order valence-electron chi connectivity index (χ3n) is 1.24. The third kappa shape index (κ3) is 2.26. The molecule has 66 valence electrons. The molecule has 0 unspecified atom stereocenters. The molecule has 0 radical (unpaired) electrons. The van der Waals surface area contributed by atoms with Gasteiger partial charge in [0, 0.05) is 3.57 Å². The molecule has 0 aliphatic carbocycles. The highest BCUT2D eigenvalue weighted by Crippen LogP contribution is 2.34. The molecule has 1 aromatic rings. The van der Waals surface area contributed by atoms with Crippen molar-refractivity contribution in [2.45, 2.75) is 6.18 Å². The molecule has 0 aliphatic rings. The Morgan fingerprint density at radius 3 is 2.25 bits per heavy atom. The number of halogens is 5. The molecule has 0 N–H and O–H groups in total. The second-order valence-corrected chi connectivity index (χ2v) is 3.77. The SMILES string of the molecule is FC(F)(F)c1ccc(I)cc1Cl. The molecule has 0 spiro atoms. The summed E-state index contributed by atoms with van der Waals surface area (Å²) in [6.45, 7) is 0. The Bertz CT molecular complexity index is 295. The summed E-state index contributed by atoms with van der Waals surface area (Å²) in [6.07, 6.45) is -4.36. The Hall–Kier alpha value is 0.0300. The summed E-state index contributed by atoms with van der Waals surface area (Å²) in [5.41, 5.74) is -0.787. The molecule has 0 saturated heterocycles. The largest absolute Gasteiger partial charge is 0.417 e. The lowest BCUT2D eigenvalue weighted by Gasteiger charge is -2.07. The van der Waals surface area contributed by atoms with Gasteiger partial charge in [-0.15, -0.1) is 0 Å². The summed E-state index contributed by atoms with van der Waals surface area (Å²) < 4.78 is 37.0. The van der Waals surface area contributed by atoms with E-state index in [9.17, 15) is 13.2 Å². The van der Waals surface area contributed by atoms with Crippen LogP contribution in [0.4, 0.5) is 13.2 Å². The van der Waals surface area contributed by atoms with Crippen LogP contribution in [-0.2, 0) is 6.18 Å². The lowest BCUT2D eigenvalue weighted by molar-refractivity contribution is -0.137. The molecular weight excluding hydrogens is 303 g/mol. The number of benzene rings is 1. The fraction of sp³-hybridized carbons (Fsp3) is 0.143. The van der Waals surface area contributed by atoms with Gasteiger partial charge >= 0.3 is 6.18 Å². The van der Waals surface area contributed by atoms with E-state index >= 15 is 0 Å². The van der Waals surface area contributed by atoms with Gasteiger partial charge in [-0.3, -0.25) is 0 Å². The average molecular weight is 306 g/mol. The van der Waals surface area contributed by atoms with Gasteiger partial charge in [0.25, 0.3) is 0 Å². The zero-order valence-corrected chi connectivity index (χ0v) is 8.54. The van der Waals surface area contributed by atoms with Crippen LogP contribution < -0.4 is 0 Å². The van der Waals surface area contributed by atoms with Crippen molar-refractivity contribution in [1.29, 1.82) is 0 Å². The summed E-state index contributed by atoms with van der Waals surface area (Å²) in [5.74, 6) is 0. The summed E-state index contributed by atoms with van der Waals surface area (Å²) in [7, 11) is 0. The monoisotopic (exact) mass is 306 g/mol. The minimum Gasteiger partial charge on any atom is -0.166 e. The molecule has 0 fully saturated rings. The molecule has 0 amide bonds. The van der Waals surface area contributed by atoms with Crippen LogP contribution in [-0.4, -0.2) is 0 Å². The van der Waals surface area contributed by atoms with Crippen LogP contribution in [0.25, 0.3) is 0 Å². The fourth-order valence-corrected chi connectivity index (χ4v) is 1.68. The number of hydrogen-bond acceptors (Lipinski definition) is 0. The van der Waals surface area contributed by atoms with E-state index in [4.69, 9.17) is 11.6 Å². The molecule has 0 atom stereocenters. The molecule has 0 aromatic heterocycles. The number of hydrogen-bond donors (Lipinski definition) is 0. The van der Waals surface area contributed by atoms with Crippen LogP contribution in [0.1, 0.15) is 5.56 Å². The van der Waals surface area contributed by atoms with Gasteiger partial charge in [-0.25, -0.2) is 0 Å². The Balaban J connectivity index is 3.19. The van der Waals surface area contributed by atoms with Crippen molar-refractivity contribution >= 4 is 34.2 Å². The zero-order chi connectivity index (χ0) is 9.35. The maximum absolute atomic E-state index is 12.1. The van der Waals surface area contributed by atoms with Crippen molar-refractivity contribution in [1.82, 2.24) is 0 Å². The van der Waals surface area contributed by atoms with Crippen LogP contribution in [0.2, 0.25) is 5.02 Å². The highest BCUT2D eigenvalue weighted by molar-refractivity contribution is 14.1. The van der Waals surface area contributed by atoms with Crippen molar-refractivity contribution in [2.24, 2.45) is 0 Å². The van der Waals surface area contributed by atoms with Gasteiger partial charge in [0.05, 0.1) is 10.6 Å². The molecule has 0 nitrogen and oxygen atoms in total. The quantitative estimate of drug-likeness (QED) is 0.636. The predicted molar refractivity (Wildman–Crippen MR) is 49.2 cm³/mol. The van der Waals surface area contributed by atoms with E-state index in [1.807, 2.05) is 22.6 Å². The number of alkyl halides is 3. The van der Waals surface area contributed by atoms with E-state index < -0.39 is 11.7 Å². The number of rotatable bonds is 0. The maximum atomic E-state index is 12.1. The van der Waals surface area contributed by atoms with Gasteiger partial charge in [0.15, 0.2) is 0 Å². The van der Waals surface area contributed by atoms with Crippen molar-refractivity contribution in [3.63, 3.8) is 0 Å². The van der Waals surface area contributed by atoms with Gasteiger partial charge in [-0.1, -0.05) is 11.6 Å². The van der Waals surface area contributed by atoms with Crippen molar-refractivity contribution < 1.29 is 13.2 Å². The van der Waals surface area contributed by atoms with Crippen molar-refractivity contribution in [3.8, 4) is 0 Å². The average Bonchev–Trinajstić information content (AvgIpc) is 1.83. The maximum Gasteiger partial charge on any atom is 0.417 e. The first kappa shape index (κ1) is 10.1. The van der Waals surface area contributed by atoms with Gasteiger partial charge in [-0.05, 0) is 40.8 Å². The Labute approximate surface area is 85.9 Å². The molecule has 1 aromatic carbocycles. The minimum absolute atomic E-state index is 0.255. The topological polar surface area (TPSA) is 0 Å². The molecule has 5 heteroatoms. The van der Waals surface area contributed by atoms with Gasteiger partial charge in [0.1, 0.15) is 0 Å². The summed E-state index contributed by atoms with van der Waals surface area (Å²) in [4.78, 5) is 0. The van der Waals surface area contributed by atoms with E-state index in [0.717, 1.165) is 6.07 Å². The molecule has 1 rings (SSSR count). The van der Waals surface area contributed by atoms with Crippen LogP contribution in [0, 0.1) is 3.57 Å². The molecular formula is C7H3ClF3I. The Morgan fingerprint density at radius 1 is 1.25 bits per heavy atom. The van der Waals surface area contributed by atoms with Crippen LogP contribution in [0.15, 0.2) is 18.2 Å². The normalized spacial score (nSPS) is 11.8. The van der Waals surface area contributed by atoms with Gasteiger partial charge < -0.3 is 0 Å². The molecule has 12 heavy (non-hydrogen) atoms. The zero-order valence-electron chi connectivity index (χ0n) is 5.62. The van der Waals surface area contributed by atoms with Crippen molar-refractivity contribution in [3.05, 3.63) is 32.4 Å². The van der Waals surface area contributed by atoms with E-state index in [1.54, 1.807) is 0 Å². The minimum atomic E-state index is -4.36. The first-order valence-electron chi connectivity index (χ1n) is 2.93. The fourth-order valence-electron chi connectivity index (χ4n) is 0.719. The van der Waals surface area contributed by atoms with E-state index in [2.05, 4.69) is 0 Å². The highest BCUT2D eigenvalue weighted by atomic mass is 127. The van der Waals surface area contributed by atoms with E-state index in [1.165, 1.54) is 12.1 Å². The van der Waals surface area contributed by atoms with Gasteiger partial charge in [-0.2, -0.15) is 13.2 Å². The predicted octanol–water partition coefficient (Wildman–Crippen LogP) is 3.96. The highest BCUT2D eigenvalue weighted by Gasteiger charge is 2.32. The Morgan fingerprint density at radius 2 is 1.83 bits per heavy atom.